The van der Waals surface area contributed by atoms with Gasteiger partial charge in [0, 0.05) is 14.1 Å². The molecule has 100 valence electrons. The van der Waals surface area contributed by atoms with Crippen molar-refractivity contribution in [2.75, 3.05) is 14.1 Å². The van der Waals surface area contributed by atoms with Crippen LogP contribution in [0.1, 0.15) is 12.8 Å². The van der Waals surface area contributed by atoms with Crippen molar-refractivity contribution in [1.29, 1.82) is 0 Å². The van der Waals surface area contributed by atoms with E-state index in [0.717, 1.165) is 9.80 Å². The summed E-state index contributed by atoms with van der Waals surface area (Å²) in [5.74, 6) is -2.43. The van der Waals surface area contributed by atoms with E-state index in [-0.39, 0.29) is 12.8 Å². The van der Waals surface area contributed by atoms with Crippen molar-refractivity contribution < 1.29 is 19.2 Å². The van der Waals surface area contributed by atoms with Crippen molar-refractivity contribution in [2.24, 2.45) is 11.5 Å². The lowest BCUT2D eigenvalue weighted by Crippen LogP contribution is -2.56. The largest absolute Gasteiger partial charge is 0.368 e. The second-order valence-electron chi connectivity index (χ2n) is 4.25. The molecule has 4 amide bonds. The number of primary amides is 2. The molecular weight excluding hydrogens is 240 g/mol. The minimum Gasteiger partial charge on any atom is -0.368 e. The molecule has 2 atom stereocenters. The van der Waals surface area contributed by atoms with E-state index in [0.29, 0.717) is 0 Å². The zero-order valence-electron chi connectivity index (χ0n) is 10.3. The number of rotatable bonds is 2. The predicted octanol–water partition coefficient (Wildman–Crippen LogP) is -2.60. The van der Waals surface area contributed by atoms with Crippen LogP contribution in [0.25, 0.3) is 0 Å². The van der Waals surface area contributed by atoms with E-state index in [1.807, 2.05) is 0 Å². The average molecular weight is 256 g/mol. The van der Waals surface area contributed by atoms with Crippen molar-refractivity contribution in [3.63, 3.8) is 0 Å². The number of hydrogen-bond donors (Lipinski definition) is 2. The highest BCUT2D eigenvalue weighted by Gasteiger charge is 2.37. The SMILES string of the molecule is CN1C(=O)CC(C(N)=O)N(C)C(=O)CC1C(N)=O. The second kappa shape index (κ2) is 5.03. The summed E-state index contributed by atoms with van der Waals surface area (Å²) >= 11 is 0. The number of carbonyl (C=O) groups is 4. The van der Waals surface area contributed by atoms with Crippen LogP contribution in [-0.2, 0) is 19.2 Å². The van der Waals surface area contributed by atoms with E-state index < -0.39 is 35.7 Å². The summed E-state index contributed by atoms with van der Waals surface area (Å²) in [5.41, 5.74) is 10.3. The van der Waals surface area contributed by atoms with Gasteiger partial charge in [0.15, 0.2) is 0 Å². The molecule has 0 saturated carbocycles. The zero-order chi connectivity index (χ0) is 14.0. The Bertz CT molecular complexity index is 371. The molecule has 4 N–H and O–H groups in total. The zero-order valence-corrected chi connectivity index (χ0v) is 10.3. The van der Waals surface area contributed by atoms with Crippen LogP contribution in [0.4, 0.5) is 0 Å². The molecule has 1 rings (SSSR count). The van der Waals surface area contributed by atoms with Crippen molar-refractivity contribution in [3.8, 4) is 0 Å². The molecular formula is C10H16N4O4. The molecule has 0 aromatic heterocycles. The Balaban J connectivity index is 3.06. The van der Waals surface area contributed by atoms with Crippen LogP contribution in [-0.4, -0.2) is 59.6 Å². The Morgan fingerprint density at radius 2 is 1.22 bits per heavy atom. The van der Waals surface area contributed by atoms with Gasteiger partial charge in [-0.15, -0.1) is 0 Å². The van der Waals surface area contributed by atoms with Crippen LogP contribution in [0.3, 0.4) is 0 Å². The molecule has 0 aromatic rings. The summed E-state index contributed by atoms with van der Waals surface area (Å²) in [6.07, 6.45) is -0.504. The number of nitrogens with zero attached hydrogens (tertiary/aromatic N) is 2. The Morgan fingerprint density at radius 1 is 0.944 bits per heavy atom. The summed E-state index contributed by atoms with van der Waals surface area (Å²) in [6, 6.07) is -2.00. The van der Waals surface area contributed by atoms with Gasteiger partial charge in [-0.25, -0.2) is 0 Å². The highest BCUT2D eigenvalue weighted by molar-refractivity contribution is 5.96. The maximum Gasteiger partial charge on any atom is 0.240 e. The molecule has 1 saturated heterocycles. The summed E-state index contributed by atoms with van der Waals surface area (Å²) < 4.78 is 0. The van der Waals surface area contributed by atoms with Crippen LogP contribution in [0, 0.1) is 0 Å². The van der Waals surface area contributed by atoms with Gasteiger partial charge in [-0.1, -0.05) is 0 Å². The van der Waals surface area contributed by atoms with Gasteiger partial charge in [0.1, 0.15) is 12.1 Å². The molecule has 1 aliphatic heterocycles. The minimum absolute atomic E-state index is 0.252. The van der Waals surface area contributed by atoms with Crippen LogP contribution in [0.2, 0.25) is 0 Å². The van der Waals surface area contributed by atoms with Gasteiger partial charge in [0.2, 0.25) is 23.6 Å². The molecule has 18 heavy (non-hydrogen) atoms. The molecule has 8 heteroatoms. The Kier molecular flexibility index (Phi) is 3.89. The highest BCUT2D eigenvalue weighted by Crippen LogP contribution is 2.15. The van der Waals surface area contributed by atoms with Gasteiger partial charge in [-0.2, -0.15) is 0 Å². The van der Waals surface area contributed by atoms with Crippen LogP contribution in [0.5, 0.6) is 0 Å². The maximum absolute atomic E-state index is 11.8. The van der Waals surface area contributed by atoms with Gasteiger partial charge in [0.25, 0.3) is 0 Å². The fourth-order valence-corrected chi connectivity index (χ4v) is 1.82. The molecule has 2 unspecified atom stereocenters. The molecule has 8 nitrogen and oxygen atoms in total. The average Bonchev–Trinajstić information content (AvgIpc) is 2.28. The smallest absolute Gasteiger partial charge is 0.240 e. The number of amides is 4. The monoisotopic (exact) mass is 256 g/mol. The van der Waals surface area contributed by atoms with E-state index in [2.05, 4.69) is 0 Å². The molecule has 1 fully saturated rings. The molecule has 0 aliphatic carbocycles. The third kappa shape index (κ3) is 2.58. The van der Waals surface area contributed by atoms with Crippen molar-refractivity contribution in [2.45, 2.75) is 24.9 Å². The number of likely N-dealkylation sites (N-methyl/N-ethyl adjacent to an activating group) is 2. The summed E-state index contributed by atoms with van der Waals surface area (Å²) in [7, 11) is 2.74. The normalized spacial score (nSPS) is 25.7. The fourth-order valence-electron chi connectivity index (χ4n) is 1.82. The summed E-state index contributed by atoms with van der Waals surface area (Å²) in [6.45, 7) is 0. The molecule has 1 aliphatic rings. The predicted molar refractivity (Wildman–Crippen MR) is 60.7 cm³/mol. The number of hydrogen-bond acceptors (Lipinski definition) is 4. The highest BCUT2D eigenvalue weighted by atomic mass is 16.2. The maximum atomic E-state index is 11.8. The molecule has 1 heterocycles. The van der Waals surface area contributed by atoms with Crippen molar-refractivity contribution in [3.05, 3.63) is 0 Å². The van der Waals surface area contributed by atoms with Crippen molar-refractivity contribution >= 4 is 23.6 Å². The first-order valence-electron chi connectivity index (χ1n) is 5.35. The minimum atomic E-state index is -0.999. The Hall–Kier alpha value is -2.12. The molecule has 0 bridgehead atoms. The summed E-state index contributed by atoms with van der Waals surface area (Å²) in [5, 5.41) is 0. The first kappa shape index (κ1) is 13.9. The summed E-state index contributed by atoms with van der Waals surface area (Å²) in [4.78, 5) is 48.2. The van der Waals surface area contributed by atoms with E-state index in [9.17, 15) is 19.2 Å². The van der Waals surface area contributed by atoms with Crippen LogP contribution in [0.15, 0.2) is 0 Å². The first-order chi connectivity index (χ1) is 8.25. The lowest BCUT2D eigenvalue weighted by molar-refractivity contribution is -0.150. The van der Waals surface area contributed by atoms with Crippen LogP contribution < -0.4 is 11.5 Å². The molecule has 0 radical (unpaired) electrons. The lowest BCUT2D eigenvalue weighted by atomic mass is 10.0. The Morgan fingerprint density at radius 3 is 1.44 bits per heavy atom. The Labute approximate surface area is 104 Å². The van der Waals surface area contributed by atoms with Gasteiger partial charge in [0.05, 0.1) is 12.8 Å². The van der Waals surface area contributed by atoms with Gasteiger partial charge in [-0.05, 0) is 0 Å². The first-order valence-corrected chi connectivity index (χ1v) is 5.35. The van der Waals surface area contributed by atoms with Crippen molar-refractivity contribution in [1.82, 2.24) is 9.80 Å². The molecule has 0 aromatic carbocycles. The molecule has 0 spiro atoms. The quantitative estimate of drug-likeness (QED) is 0.561. The van der Waals surface area contributed by atoms with Crippen LogP contribution >= 0.6 is 0 Å². The third-order valence-corrected chi connectivity index (χ3v) is 3.11. The van der Waals surface area contributed by atoms with Gasteiger partial charge in [-0.3, -0.25) is 19.2 Å². The fraction of sp³-hybridized carbons (Fsp3) is 0.600. The van der Waals surface area contributed by atoms with E-state index in [1.54, 1.807) is 0 Å². The lowest BCUT2D eigenvalue weighted by Gasteiger charge is -2.34. The van der Waals surface area contributed by atoms with Gasteiger partial charge >= 0.3 is 0 Å². The third-order valence-electron chi connectivity index (χ3n) is 3.11. The number of nitrogens with two attached hydrogens (primary N) is 2. The van der Waals surface area contributed by atoms with E-state index in [4.69, 9.17) is 11.5 Å². The number of carbonyl (C=O) groups excluding carboxylic acids is 4. The second-order valence-corrected chi connectivity index (χ2v) is 4.25. The van der Waals surface area contributed by atoms with E-state index >= 15 is 0 Å². The topological polar surface area (TPSA) is 127 Å². The van der Waals surface area contributed by atoms with Gasteiger partial charge < -0.3 is 21.3 Å². The standard InChI is InChI=1S/C10H16N4O4/c1-13-5(9(11)17)3-8(16)14(2)6(10(12)18)4-7(13)15/h5-6H,3-4H2,1-2H3,(H2,11,17)(H2,12,18). The van der Waals surface area contributed by atoms with E-state index in [1.165, 1.54) is 14.1 Å².